The van der Waals surface area contributed by atoms with Crippen LogP contribution in [0.1, 0.15) is 55.7 Å². The Morgan fingerprint density at radius 1 is 1.21 bits per heavy atom. The fraction of sp³-hybridized carbons (Fsp3) is 0.417. The summed E-state index contributed by atoms with van der Waals surface area (Å²) < 4.78 is 11.2. The predicted octanol–water partition coefficient (Wildman–Crippen LogP) is 3.93. The van der Waals surface area contributed by atoms with Gasteiger partial charge >= 0.3 is 179 Å². The standard InChI is InChI=1S/C24H28O4Se/c1-6-28-23(26)24(4,29-17-10-8-7-9-11-17)22-19-12-16(3)21(27-5)14-18(19)15(2)13-20(22)25/h7-12,14-15,22H,6,13H2,1-5H3. The van der Waals surface area contributed by atoms with Gasteiger partial charge in [-0.25, -0.2) is 0 Å². The number of carbonyl (C=O) groups excluding carboxylic acids is 2. The van der Waals surface area contributed by atoms with Crippen LogP contribution in [0.4, 0.5) is 0 Å². The number of ketones is 1. The van der Waals surface area contributed by atoms with Crippen LogP contribution >= 0.6 is 0 Å². The normalized spacial score (nSPS) is 20.5. The number of hydrogen-bond acceptors (Lipinski definition) is 4. The van der Waals surface area contributed by atoms with Crippen molar-refractivity contribution in [1.82, 2.24) is 0 Å². The summed E-state index contributed by atoms with van der Waals surface area (Å²) in [5.41, 5.74) is 3.01. The number of rotatable bonds is 6. The van der Waals surface area contributed by atoms with Crippen molar-refractivity contribution >= 4 is 31.2 Å². The molecule has 154 valence electrons. The molecule has 0 N–H and O–H groups in total. The van der Waals surface area contributed by atoms with Crippen LogP contribution in [0.5, 0.6) is 5.75 Å². The van der Waals surface area contributed by atoms with Gasteiger partial charge in [-0.15, -0.1) is 0 Å². The van der Waals surface area contributed by atoms with Gasteiger partial charge in [-0.3, -0.25) is 0 Å². The van der Waals surface area contributed by atoms with E-state index in [-0.39, 0.29) is 32.6 Å². The maximum atomic E-state index is 13.3. The molecule has 0 radical (unpaired) electrons. The average molecular weight is 459 g/mol. The Labute approximate surface area is 179 Å². The topological polar surface area (TPSA) is 52.6 Å². The first-order valence-electron chi connectivity index (χ1n) is 9.94. The van der Waals surface area contributed by atoms with Crippen molar-refractivity contribution in [3.63, 3.8) is 0 Å². The van der Waals surface area contributed by atoms with E-state index in [0.29, 0.717) is 13.0 Å². The monoisotopic (exact) mass is 460 g/mol. The van der Waals surface area contributed by atoms with Crippen molar-refractivity contribution < 1.29 is 19.1 Å². The van der Waals surface area contributed by atoms with E-state index in [1.54, 1.807) is 7.11 Å². The molecule has 3 rings (SSSR count). The Bertz CT molecular complexity index is 909. The number of ether oxygens (including phenoxy) is 2. The van der Waals surface area contributed by atoms with Crippen LogP contribution in [0.3, 0.4) is 0 Å². The van der Waals surface area contributed by atoms with Crippen LogP contribution in [0.15, 0.2) is 42.5 Å². The van der Waals surface area contributed by atoms with E-state index in [1.165, 1.54) is 0 Å². The zero-order chi connectivity index (χ0) is 21.2. The number of aryl methyl sites for hydroxylation is 1. The number of esters is 1. The van der Waals surface area contributed by atoms with Gasteiger partial charge in [0.1, 0.15) is 0 Å². The van der Waals surface area contributed by atoms with Crippen molar-refractivity contribution in [1.29, 1.82) is 0 Å². The van der Waals surface area contributed by atoms with Crippen molar-refractivity contribution in [2.24, 2.45) is 0 Å². The number of benzene rings is 2. The molecule has 2 aromatic carbocycles. The third-order valence-electron chi connectivity index (χ3n) is 5.58. The number of hydrogen-bond donors (Lipinski definition) is 0. The fourth-order valence-electron chi connectivity index (χ4n) is 4.16. The molecule has 29 heavy (non-hydrogen) atoms. The predicted molar refractivity (Wildman–Crippen MR) is 115 cm³/mol. The second-order valence-corrected chi connectivity index (χ2v) is 10.9. The van der Waals surface area contributed by atoms with Crippen LogP contribution < -0.4 is 9.20 Å². The minimum atomic E-state index is -0.919. The summed E-state index contributed by atoms with van der Waals surface area (Å²) in [4.78, 5) is 26.6. The minimum absolute atomic E-state index is 0.0962. The van der Waals surface area contributed by atoms with Gasteiger partial charge in [0.2, 0.25) is 0 Å². The summed E-state index contributed by atoms with van der Waals surface area (Å²) >= 11 is -0.271. The van der Waals surface area contributed by atoms with Crippen molar-refractivity contribution in [2.75, 3.05) is 13.7 Å². The van der Waals surface area contributed by atoms with E-state index in [4.69, 9.17) is 9.47 Å². The zero-order valence-electron chi connectivity index (χ0n) is 17.7. The molecular formula is C24H28O4Se. The van der Waals surface area contributed by atoms with E-state index in [0.717, 1.165) is 26.9 Å². The Balaban J connectivity index is 2.17. The average Bonchev–Trinajstić information content (AvgIpc) is 2.68. The first kappa shape index (κ1) is 21.6. The Morgan fingerprint density at radius 2 is 1.90 bits per heavy atom. The first-order chi connectivity index (χ1) is 13.8. The molecule has 0 heterocycles. The summed E-state index contributed by atoms with van der Waals surface area (Å²) in [7, 11) is 1.66. The van der Waals surface area contributed by atoms with Crippen LogP contribution in [0.25, 0.3) is 0 Å². The van der Waals surface area contributed by atoms with E-state index >= 15 is 0 Å². The van der Waals surface area contributed by atoms with Gasteiger partial charge in [-0.2, -0.15) is 0 Å². The summed E-state index contributed by atoms with van der Waals surface area (Å²) in [5, 5.41) is 0. The maximum absolute atomic E-state index is 13.3. The number of methoxy groups -OCH3 is 1. The Hall–Kier alpha value is -2.10. The summed E-state index contributed by atoms with van der Waals surface area (Å²) in [6.07, 6.45) is 0.420. The molecule has 0 bridgehead atoms. The summed E-state index contributed by atoms with van der Waals surface area (Å²) in [5.74, 6) is 0.214. The molecule has 0 aliphatic heterocycles. The molecule has 0 amide bonds. The number of fused-ring (bicyclic) bond motifs is 1. The van der Waals surface area contributed by atoms with Crippen LogP contribution in [0.2, 0.25) is 4.31 Å². The van der Waals surface area contributed by atoms with Gasteiger partial charge in [0, 0.05) is 0 Å². The molecule has 0 saturated carbocycles. The van der Waals surface area contributed by atoms with E-state index < -0.39 is 10.2 Å². The van der Waals surface area contributed by atoms with Gasteiger partial charge in [-0.05, 0) is 0 Å². The van der Waals surface area contributed by atoms with Crippen LogP contribution in [-0.4, -0.2) is 40.4 Å². The van der Waals surface area contributed by atoms with Gasteiger partial charge in [-0.1, -0.05) is 0 Å². The van der Waals surface area contributed by atoms with Crippen molar-refractivity contribution in [3.05, 3.63) is 59.2 Å². The molecule has 1 aliphatic rings. The van der Waals surface area contributed by atoms with Gasteiger partial charge in [0.15, 0.2) is 0 Å². The summed E-state index contributed by atoms with van der Waals surface area (Å²) in [6.45, 7) is 8.04. The molecule has 0 spiro atoms. The summed E-state index contributed by atoms with van der Waals surface area (Å²) in [6, 6.07) is 14.0. The third-order valence-corrected chi connectivity index (χ3v) is 8.38. The molecule has 3 atom stereocenters. The molecule has 4 nitrogen and oxygen atoms in total. The number of carbonyl (C=O) groups is 2. The van der Waals surface area contributed by atoms with E-state index in [9.17, 15) is 9.59 Å². The number of Topliss-reactive ketones (excluding diaryl/α,β-unsaturated/α-hetero) is 1. The molecule has 2 aromatic rings. The molecule has 1 aliphatic carbocycles. The third kappa shape index (κ3) is 4.12. The van der Waals surface area contributed by atoms with E-state index in [1.807, 2.05) is 63.2 Å². The fourth-order valence-corrected chi connectivity index (χ4v) is 6.89. The Morgan fingerprint density at radius 3 is 2.52 bits per heavy atom. The van der Waals surface area contributed by atoms with Gasteiger partial charge < -0.3 is 0 Å². The first-order valence-corrected chi connectivity index (χ1v) is 11.7. The quantitative estimate of drug-likeness (QED) is 0.485. The second kappa shape index (κ2) is 8.73. The molecule has 0 saturated heterocycles. The SMILES string of the molecule is CCOC(=O)C(C)([Se]c1ccccc1)C1C(=O)CC(C)c2cc(OC)c(C)cc21. The van der Waals surface area contributed by atoms with Gasteiger partial charge in [0.05, 0.1) is 0 Å². The van der Waals surface area contributed by atoms with Crippen molar-refractivity contribution in [3.8, 4) is 5.75 Å². The molecular weight excluding hydrogens is 431 g/mol. The Kier molecular flexibility index (Phi) is 6.50. The molecule has 5 heteroatoms. The van der Waals surface area contributed by atoms with Crippen LogP contribution in [0, 0.1) is 6.92 Å². The van der Waals surface area contributed by atoms with Crippen LogP contribution in [-0.2, 0) is 14.3 Å². The van der Waals surface area contributed by atoms with Gasteiger partial charge in [0.25, 0.3) is 0 Å². The second-order valence-electron chi connectivity index (χ2n) is 7.70. The molecule has 3 unspecified atom stereocenters. The van der Waals surface area contributed by atoms with E-state index in [2.05, 4.69) is 6.92 Å². The zero-order valence-corrected chi connectivity index (χ0v) is 19.4. The molecule has 0 fully saturated rings. The van der Waals surface area contributed by atoms with Crippen molar-refractivity contribution in [2.45, 2.75) is 50.3 Å². The molecule has 0 aromatic heterocycles.